The van der Waals surface area contributed by atoms with E-state index in [1.165, 1.54) is 0 Å². The minimum Gasteiger partial charge on any atom is -0.449 e. The van der Waals surface area contributed by atoms with E-state index in [9.17, 15) is 24.2 Å². The van der Waals surface area contributed by atoms with E-state index in [2.05, 4.69) is 10.3 Å². The normalized spacial score (nSPS) is 32.6. The Morgan fingerprint density at radius 1 is 1.26 bits per heavy atom. The molecule has 2 aliphatic rings. The smallest absolute Gasteiger partial charge is 0.412 e. The van der Waals surface area contributed by atoms with Crippen LogP contribution in [0.1, 0.15) is 60.1 Å². The number of aromatic nitrogens is 2. The molecule has 7 atom stereocenters. The van der Waals surface area contributed by atoms with Crippen molar-refractivity contribution in [1.29, 1.82) is 0 Å². The lowest BCUT2D eigenvalue weighted by atomic mass is 9.86. The third-order valence-electron chi connectivity index (χ3n) is 6.26. The molecular formula is C22H34FN3O8. The van der Waals surface area contributed by atoms with Crippen LogP contribution in [-0.4, -0.2) is 69.3 Å². The number of nitrogens with one attached hydrogen (secondary N) is 1. The first-order valence-electron chi connectivity index (χ1n) is 11.5. The minimum absolute atomic E-state index is 0.164. The number of anilines is 1. The molecule has 3 rings (SSSR count). The molecule has 0 aliphatic carbocycles. The lowest BCUT2D eigenvalue weighted by Gasteiger charge is -2.31. The summed E-state index contributed by atoms with van der Waals surface area (Å²) in [5.74, 6) is -1.59. The molecule has 3 N–H and O–H groups in total. The van der Waals surface area contributed by atoms with Gasteiger partial charge in [0.15, 0.2) is 24.2 Å². The second kappa shape index (κ2) is 10.6. The standard InChI is InChI=1S/C22H34FN3O8/c1-6-7-8-9-31-21(30)25-17-13(23)10-26(20(29)24-17)18-14(27)15(11(2)32-18)34-19-22(4,5)16(28)12(3)33-19/h10-12,14-16,18-19,27-28H,6-9H2,1-5H3,(H,24,25,29,30). The number of rotatable bonds is 8. The maximum Gasteiger partial charge on any atom is 0.412 e. The van der Waals surface area contributed by atoms with Gasteiger partial charge in [0.2, 0.25) is 0 Å². The molecule has 3 heterocycles. The monoisotopic (exact) mass is 487 g/mol. The molecule has 0 radical (unpaired) electrons. The van der Waals surface area contributed by atoms with Gasteiger partial charge >= 0.3 is 11.8 Å². The van der Waals surface area contributed by atoms with E-state index in [0.29, 0.717) is 6.42 Å². The van der Waals surface area contributed by atoms with Gasteiger partial charge in [0.1, 0.15) is 12.2 Å². The number of carbonyl (C=O) groups is 1. The number of amides is 1. The fourth-order valence-electron chi connectivity index (χ4n) is 4.14. The highest BCUT2D eigenvalue weighted by Gasteiger charge is 2.53. The summed E-state index contributed by atoms with van der Waals surface area (Å²) in [6.07, 6.45) is -3.94. The molecule has 1 amide bonds. The number of hydrogen-bond acceptors (Lipinski definition) is 9. The van der Waals surface area contributed by atoms with Gasteiger partial charge in [-0.2, -0.15) is 4.98 Å². The van der Waals surface area contributed by atoms with Gasteiger partial charge in [-0.25, -0.2) is 14.0 Å². The van der Waals surface area contributed by atoms with Crippen LogP contribution in [0.3, 0.4) is 0 Å². The SMILES string of the molecule is CCCCCOC(=O)Nc1nc(=O)n(C2OC(C)C(OC3OC(C)C(O)C3(C)C)C2O)cc1F. The quantitative estimate of drug-likeness (QED) is 0.469. The van der Waals surface area contributed by atoms with E-state index in [1.54, 1.807) is 27.7 Å². The number of unbranched alkanes of at least 4 members (excludes halogenated alkanes) is 2. The Labute approximate surface area is 197 Å². The van der Waals surface area contributed by atoms with E-state index >= 15 is 0 Å². The first kappa shape index (κ1) is 26.5. The van der Waals surface area contributed by atoms with Crippen LogP contribution in [0.25, 0.3) is 0 Å². The van der Waals surface area contributed by atoms with Crippen LogP contribution in [0.15, 0.2) is 11.0 Å². The zero-order valence-electron chi connectivity index (χ0n) is 20.1. The van der Waals surface area contributed by atoms with Crippen molar-refractivity contribution >= 4 is 11.9 Å². The molecule has 11 nitrogen and oxygen atoms in total. The topological polar surface area (TPSA) is 141 Å². The third-order valence-corrected chi connectivity index (χ3v) is 6.26. The maximum absolute atomic E-state index is 14.6. The average Bonchev–Trinajstić information content (AvgIpc) is 3.15. The molecule has 1 aromatic heterocycles. The molecule has 0 spiro atoms. The van der Waals surface area contributed by atoms with Crippen LogP contribution in [0, 0.1) is 11.2 Å². The number of halogens is 1. The highest BCUT2D eigenvalue weighted by molar-refractivity contribution is 5.83. The van der Waals surface area contributed by atoms with Gasteiger partial charge in [0.25, 0.3) is 0 Å². The van der Waals surface area contributed by atoms with Crippen molar-refractivity contribution in [2.24, 2.45) is 5.41 Å². The lowest BCUT2D eigenvalue weighted by Crippen LogP contribution is -2.43. The molecule has 2 saturated heterocycles. The van der Waals surface area contributed by atoms with Crippen LogP contribution in [-0.2, 0) is 18.9 Å². The van der Waals surface area contributed by atoms with Crippen LogP contribution in [0.5, 0.6) is 0 Å². The second-order valence-corrected chi connectivity index (χ2v) is 9.36. The Kier molecular flexibility index (Phi) is 8.30. The van der Waals surface area contributed by atoms with E-state index in [-0.39, 0.29) is 6.61 Å². The van der Waals surface area contributed by atoms with Crippen LogP contribution >= 0.6 is 0 Å². The summed E-state index contributed by atoms with van der Waals surface area (Å²) in [5, 5.41) is 23.3. The van der Waals surface area contributed by atoms with E-state index in [1.807, 2.05) is 6.92 Å². The van der Waals surface area contributed by atoms with Crippen LogP contribution in [0.4, 0.5) is 15.0 Å². The Balaban J connectivity index is 1.70. The molecule has 192 valence electrons. The van der Waals surface area contributed by atoms with Crippen LogP contribution in [0.2, 0.25) is 0 Å². The minimum atomic E-state index is -1.36. The van der Waals surface area contributed by atoms with Gasteiger partial charge < -0.3 is 29.2 Å². The van der Waals surface area contributed by atoms with Crippen molar-refractivity contribution in [3.63, 3.8) is 0 Å². The Bertz CT molecular complexity index is 926. The Hall–Kier alpha value is -2.12. The number of aliphatic hydroxyl groups is 2. The predicted molar refractivity (Wildman–Crippen MR) is 118 cm³/mol. The van der Waals surface area contributed by atoms with Gasteiger partial charge in [0.05, 0.1) is 31.1 Å². The largest absolute Gasteiger partial charge is 0.449 e. The first-order chi connectivity index (χ1) is 16.0. The first-order valence-corrected chi connectivity index (χ1v) is 11.5. The average molecular weight is 488 g/mol. The van der Waals surface area contributed by atoms with Crippen molar-refractivity contribution in [2.45, 2.75) is 96.9 Å². The van der Waals surface area contributed by atoms with Gasteiger partial charge in [-0.1, -0.05) is 33.6 Å². The van der Waals surface area contributed by atoms with Gasteiger partial charge in [-0.3, -0.25) is 9.88 Å². The maximum atomic E-state index is 14.6. The summed E-state index contributed by atoms with van der Waals surface area (Å²) in [6.45, 7) is 9.07. The molecule has 7 unspecified atom stereocenters. The summed E-state index contributed by atoms with van der Waals surface area (Å²) >= 11 is 0. The molecule has 0 saturated carbocycles. The number of ether oxygens (including phenoxy) is 4. The van der Waals surface area contributed by atoms with Gasteiger partial charge in [-0.05, 0) is 20.3 Å². The van der Waals surface area contributed by atoms with Gasteiger partial charge in [0, 0.05) is 5.41 Å². The highest BCUT2D eigenvalue weighted by Crippen LogP contribution is 2.41. The number of nitrogens with zero attached hydrogens (tertiary/aromatic N) is 2. The van der Waals surface area contributed by atoms with Gasteiger partial charge in [-0.15, -0.1) is 0 Å². The molecule has 0 bridgehead atoms. The van der Waals surface area contributed by atoms with Crippen molar-refractivity contribution < 1.29 is 38.3 Å². The number of hydrogen-bond donors (Lipinski definition) is 3. The summed E-state index contributed by atoms with van der Waals surface area (Å²) in [7, 11) is 0. The van der Waals surface area contributed by atoms with E-state index in [4.69, 9.17) is 18.9 Å². The predicted octanol–water partition coefficient (Wildman–Crippen LogP) is 1.92. The fraction of sp³-hybridized carbons (Fsp3) is 0.773. The Morgan fingerprint density at radius 3 is 2.59 bits per heavy atom. The van der Waals surface area contributed by atoms with E-state index < -0.39 is 71.9 Å². The number of carbonyl (C=O) groups excluding carboxylic acids is 1. The van der Waals surface area contributed by atoms with Crippen molar-refractivity contribution in [2.75, 3.05) is 11.9 Å². The third kappa shape index (κ3) is 5.41. The van der Waals surface area contributed by atoms with Crippen molar-refractivity contribution in [1.82, 2.24) is 9.55 Å². The Morgan fingerprint density at radius 2 is 1.97 bits per heavy atom. The van der Waals surface area contributed by atoms with Crippen molar-refractivity contribution in [3.8, 4) is 0 Å². The second-order valence-electron chi connectivity index (χ2n) is 9.36. The molecule has 1 aromatic rings. The summed E-state index contributed by atoms with van der Waals surface area (Å²) in [4.78, 5) is 27.9. The fourth-order valence-corrected chi connectivity index (χ4v) is 4.14. The van der Waals surface area contributed by atoms with E-state index in [0.717, 1.165) is 23.6 Å². The zero-order valence-corrected chi connectivity index (χ0v) is 20.1. The summed E-state index contributed by atoms with van der Waals surface area (Å²) in [6, 6.07) is 0. The van der Waals surface area contributed by atoms with Crippen LogP contribution < -0.4 is 11.0 Å². The highest BCUT2D eigenvalue weighted by atomic mass is 19.1. The lowest BCUT2D eigenvalue weighted by molar-refractivity contribution is -0.211. The van der Waals surface area contributed by atoms with Crippen molar-refractivity contribution in [3.05, 3.63) is 22.5 Å². The summed E-state index contributed by atoms with van der Waals surface area (Å²) in [5.41, 5.74) is -1.69. The number of aliphatic hydroxyl groups excluding tert-OH is 2. The summed E-state index contributed by atoms with van der Waals surface area (Å²) < 4.78 is 37.7. The zero-order chi connectivity index (χ0) is 25.2. The molecule has 2 fully saturated rings. The molecule has 2 aliphatic heterocycles. The molecule has 0 aromatic carbocycles. The molecule has 34 heavy (non-hydrogen) atoms. The molecular weight excluding hydrogens is 453 g/mol. The molecule has 12 heteroatoms.